The fourth-order valence-electron chi connectivity index (χ4n) is 3.40. The van der Waals surface area contributed by atoms with Crippen molar-refractivity contribution in [3.05, 3.63) is 30.0 Å². The van der Waals surface area contributed by atoms with Crippen LogP contribution in [-0.2, 0) is 11.3 Å². The first kappa shape index (κ1) is 18.5. The molecule has 9 nitrogen and oxygen atoms in total. The molecule has 26 heavy (non-hydrogen) atoms. The van der Waals surface area contributed by atoms with E-state index in [-0.39, 0.29) is 11.9 Å². The van der Waals surface area contributed by atoms with Crippen molar-refractivity contribution >= 4 is 5.91 Å². The van der Waals surface area contributed by atoms with Crippen molar-refractivity contribution in [2.24, 2.45) is 5.92 Å². The van der Waals surface area contributed by atoms with Gasteiger partial charge in [-0.1, -0.05) is 13.8 Å². The van der Waals surface area contributed by atoms with Crippen LogP contribution in [-0.4, -0.2) is 75.8 Å². The average molecular weight is 362 g/mol. The fourth-order valence-corrected chi connectivity index (χ4v) is 3.40. The van der Waals surface area contributed by atoms with E-state index in [9.17, 15) is 4.79 Å². The van der Waals surface area contributed by atoms with Gasteiger partial charge >= 0.3 is 0 Å². The summed E-state index contributed by atoms with van der Waals surface area (Å²) in [6, 6.07) is 3.54. The second-order valence-corrected chi connectivity index (χ2v) is 6.75. The Kier molecular flexibility index (Phi) is 6.00. The summed E-state index contributed by atoms with van der Waals surface area (Å²) in [5.74, 6) is 1.53. The summed E-state index contributed by atoms with van der Waals surface area (Å²) in [6.45, 7) is 8.37. The largest absolute Gasteiger partial charge is 0.459 e. The lowest BCUT2D eigenvalue weighted by atomic mass is 10.0. The van der Waals surface area contributed by atoms with Crippen LogP contribution < -0.4 is 0 Å². The number of furan rings is 1. The summed E-state index contributed by atoms with van der Waals surface area (Å²) in [4.78, 5) is 16.6. The number of carbonyl (C=O) groups excluding carboxylic acids is 1. The number of piperazine rings is 1. The first-order chi connectivity index (χ1) is 12.6. The molecule has 0 spiro atoms. The molecule has 1 amide bonds. The quantitative estimate of drug-likeness (QED) is 0.728. The van der Waals surface area contributed by atoms with Gasteiger partial charge in [0.15, 0.2) is 11.6 Å². The van der Waals surface area contributed by atoms with Crippen LogP contribution in [0.25, 0.3) is 0 Å². The highest BCUT2D eigenvalue weighted by atomic mass is 16.5. The van der Waals surface area contributed by atoms with E-state index in [4.69, 9.17) is 9.15 Å². The highest BCUT2D eigenvalue weighted by Gasteiger charge is 2.33. The third kappa shape index (κ3) is 3.94. The second-order valence-electron chi connectivity index (χ2n) is 6.75. The van der Waals surface area contributed by atoms with E-state index in [0.717, 1.165) is 18.9 Å². The predicted molar refractivity (Wildman–Crippen MR) is 93.5 cm³/mol. The Morgan fingerprint density at radius 2 is 2.08 bits per heavy atom. The SMILES string of the molecule is COCCn1nnnc1[C@H](C(C)C)N1CCN(C(=O)c2ccco2)CC1. The molecule has 2 aromatic rings. The minimum absolute atomic E-state index is 0.0549. The van der Waals surface area contributed by atoms with Gasteiger partial charge in [0.05, 0.1) is 25.5 Å². The van der Waals surface area contributed by atoms with Gasteiger partial charge in [0.1, 0.15) is 0 Å². The molecule has 1 atom stereocenters. The molecule has 142 valence electrons. The van der Waals surface area contributed by atoms with Crippen LogP contribution in [0.5, 0.6) is 0 Å². The third-order valence-electron chi connectivity index (χ3n) is 4.69. The van der Waals surface area contributed by atoms with E-state index in [2.05, 4.69) is 34.3 Å². The van der Waals surface area contributed by atoms with Crippen LogP contribution in [0, 0.1) is 5.92 Å². The zero-order valence-electron chi connectivity index (χ0n) is 15.5. The standard InChI is InChI=1S/C17H26N6O3/c1-13(2)15(16-18-19-20-23(16)10-12-25-3)21-6-8-22(9-7-21)17(24)14-5-4-11-26-14/h4-5,11,13,15H,6-10,12H2,1-3H3/t15-/m0/s1. The first-order valence-corrected chi connectivity index (χ1v) is 8.93. The molecule has 0 aromatic carbocycles. The summed E-state index contributed by atoms with van der Waals surface area (Å²) < 4.78 is 12.2. The Morgan fingerprint density at radius 1 is 1.31 bits per heavy atom. The summed E-state index contributed by atoms with van der Waals surface area (Å²) in [6.07, 6.45) is 1.53. The third-order valence-corrected chi connectivity index (χ3v) is 4.69. The molecule has 0 bridgehead atoms. The molecule has 0 radical (unpaired) electrons. The van der Waals surface area contributed by atoms with E-state index < -0.39 is 0 Å². The van der Waals surface area contributed by atoms with E-state index in [1.807, 2.05) is 9.58 Å². The van der Waals surface area contributed by atoms with Gasteiger partial charge in [-0.25, -0.2) is 4.68 Å². The van der Waals surface area contributed by atoms with Crippen LogP contribution in [0.2, 0.25) is 0 Å². The van der Waals surface area contributed by atoms with Gasteiger partial charge in [-0.3, -0.25) is 9.69 Å². The second kappa shape index (κ2) is 8.41. The number of hydrogen-bond acceptors (Lipinski definition) is 7. The van der Waals surface area contributed by atoms with E-state index in [0.29, 0.717) is 37.9 Å². The van der Waals surface area contributed by atoms with E-state index in [1.165, 1.54) is 6.26 Å². The maximum Gasteiger partial charge on any atom is 0.289 e. The Balaban J connectivity index is 1.67. The van der Waals surface area contributed by atoms with Crippen molar-refractivity contribution in [1.29, 1.82) is 0 Å². The molecule has 2 aromatic heterocycles. The molecule has 9 heteroatoms. The highest BCUT2D eigenvalue weighted by molar-refractivity contribution is 5.91. The summed E-state index contributed by atoms with van der Waals surface area (Å²) in [5.41, 5.74) is 0. The number of amides is 1. The number of carbonyl (C=O) groups is 1. The first-order valence-electron chi connectivity index (χ1n) is 8.93. The average Bonchev–Trinajstić information content (AvgIpc) is 3.32. The number of aromatic nitrogens is 4. The molecule has 0 unspecified atom stereocenters. The zero-order chi connectivity index (χ0) is 18.5. The van der Waals surface area contributed by atoms with Crippen molar-refractivity contribution in [3.8, 4) is 0 Å². The maximum absolute atomic E-state index is 12.4. The maximum atomic E-state index is 12.4. The van der Waals surface area contributed by atoms with Crippen molar-refractivity contribution in [1.82, 2.24) is 30.0 Å². The number of tetrazole rings is 1. The highest BCUT2D eigenvalue weighted by Crippen LogP contribution is 2.28. The van der Waals surface area contributed by atoms with Gasteiger partial charge in [-0.15, -0.1) is 5.10 Å². The molecule has 1 saturated heterocycles. The topological polar surface area (TPSA) is 89.5 Å². The molecule has 3 rings (SSSR count). The van der Waals surface area contributed by atoms with Crippen LogP contribution in [0.1, 0.15) is 36.3 Å². The molecule has 1 aliphatic rings. The molecule has 1 fully saturated rings. The lowest BCUT2D eigenvalue weighted by Gasteiger charge is -2.40. The van der Waals surface area contributed by atoms with Crippen molar-refractivity contribution in [2.45, 2.75) is 26.4 Å². The zero-order valence-corrected chi connectivity index (χ0v) is 15.5. The van der Waals surface area contributed by atoms with Crippen LogP contribution in [0.3, 0.4) is 0 Å². The minimum Gasteiger partial charge on any atom is -0.459 e. The fraction of sp³-hybridized carbons (Fsp3) is 0.647. The Hall–Kier alpha value is -2.26. The van der Waals surface area contributed by atoms with Crippen LogP contribution in [0.15, 0.2) is 22.8 Å². The summed E-state index contributed by atoms with van der Waals surface area (Å²) in [7, 11) is 1.67. The number of ether oxygens (including phenoxy) is 1. The van der Waals surface area contributed by atoms with Gasteiger partial charge in [0.2, 0.25) is 0 Å². The molecule has 3 heterocycles. The normalized spacial score (nSPS) is 17.0. The summed E-state index contributed by atoms with van der Waals surface area (Å²) in [5, 5.41) is 12.2. The predicted octanol–water partition coefficient (Wildman–Crippen LogP) is 1.07. The molecule has 0 saturated carbocycles. The lowest BCUT2D eigenvalue weighted by Crippen LogP contribution is -2.50. The number of nitrogens with zero attached hydrogens (tertiary/aromatic N) is 6. The molecular weight excluding hydrogens is 336 g/mol. The molecule has 0 N–H and O–H groups in total. The van der Waals surface area contributed by atoms with Gasteiger partial charge < -0.3 is 14.1 Å². The Labute approximate surface area is 152 Å². The van der Waals surface area contributed by atoms with Gasteiger partial charge in [-0.05, 0) is 28.5 Å². The van der Waals surface area contributed by atoms with Crippen molar-refractivity contribution in [3.63, 3.8) is 0 Å². The minimum atomic E-state index is -0.0549. The monoisotopic (exact) mass is 362 g/mol. The number of hydrogen-bond donors (Lipinski definition) is 0. The van der Waals surface area contributed by atoms with Gasteiger partial charge in [-0.2, -0.15) is 0 Å². The molecule has 0 aliphatic carbocycles. The number of rotatable bonds is 7. The van der Waals surface area contributed by atoms with E-state index >= 15 is 0 Å². The summed E-state index contributed by atoms with van der Waals surface area (Å²) >= 11 is 0. The smallest absolute Gasteiger partial charge is 0.289 e. The number of methoxy groups -OCH3 is 1. The molecule has 1 aliphatic heterocycles. The Morgan fingerprint density at radius 3 is 2.69 bits per heavy atom. The lowest BCUT2D eigenvalue weighted by molar-refractivity contribution is 0.0460. The van der Waals surface area contributed by atoms with Gasteiger partial charge in [0, 0.05) is 33.3 Å². The van der Waals surface area contributed by atoms with Crippen molar-refractivity contribution in [2.75, 3.05) is 39.9 Å². The molecular formula is C17H26N6O3. The van der Waals surface area contributed by atoms with Crippen LogP contribution in [0.4, 0.5) is 0 Å². The van der Waals surface area contributed by atoms with E-state index in [1.54, 1.807) is 19.2 Å². The van der Waals surface area contributed by atoms with Crippen molar-refractivity contribution < 1.29 is 13.9 Å². The van der Waals surface area contributed by atoms with Crippen LogP contribution >= 0.6 is 0 Å². The Bertz CT molecular complexity index is 691. The van der Waals surface area contributed by atoms with Gasteiger partial charge in [0.25, 0.3) is 5.91 Å².